The van der Waals surface area contributed by atoms with Gasteiger partial charge in [-0.1, -0.05) is 30.3 Å². The van der Waals surface area contributed by atoms with Crippen molar-refractivity contribution in [3.05, 3.63) is 54.2 Å². The van der Waals surface area contributed by atoms with Crippen LogP contribution in [0.4, 0.5) is 0 Å². The van der Waals surface area contributed by atoms with Gasteiger partial charge in [0.2, 0.25) is 0 Å². The van der Waals surface area contributed by atoms with Crippen molar-refractivity contribution < 1.29 is 4.74 Å². The molecule has 0 unspecified atom stereocenters. The summed E-state index contributed by atoms with van der Waals surface area (Å²) in [5.41, 5.74) is 2.12. The molecule has 1 aliphatic rings. The second-order valence-corrected chi connectivity index (χ2v) is 4.44. The van der Waals surface area contributed by atoms with Crippen LogP contribution < -0.4 is 4.74 Å². The van der Waals surface area contributed by atoms with E-state index >= 15 is 0 Å². The summed E-state index contributed by atoms with van der Waals surface area (Å²) in [6.45, 7) is 0.634. The minimum absolute atomic E-state index is 0.634. The molecular formula is C16H11NO. The molecule has 0 bridgehead atoms. The Bertz CT molecular complexity index is 790. The molecule has 18 heavy (non-hydrogen) atoms. The minimum atomic E-state index is 0.634. The van der Waals surface area contributed by atoms with Crippen molar-refractivity contribution in [2.45, 2.75) is 0 Å². The van der Waals surface area contributed by atoms with Crippen molar-refractivity contribution >= 4 is 27.8 Å². The first-order valence-electron chi connectivity index (χ1n) is 6.03. The van der Waals surface area contributed by atoms with Crippen LogP contribution in [0, 0.1) is 0 Å². The summed E-state index contributed by atoms with van der Waals surface area (Å²) in [6.07, 6.45) is 6.06. The second-order valence-electron chi connectivity index (χ2n) is 4.44. The van der Waals surface area contributed by atoms with Gasteiger partial charge >= 0.3 is 0 Å². The lowest BCUT2D eigenvalue weighted by Gasteiger charge is -2.15. The molecule has 0 aliphatic carbocycles. The molecule has 3 aromatic rings. The molecule has 0 fully saturated rings. The molecule has 2 aromatic carbocycles. The molecule has 0 saturated carbocycles. The van der Waals surface area contributed by atoms with Crippen molar-refractivity contribution in [2.75, 3.05) is 6.61 Å². The van der Waals surface area contributed by atoms with E-state index in [2.05, 4.69) is 41.4 Å². The van der Waals surface area contributed by atoms with Crippen LogP contribution in [0.5, 0.6) is 5.75 Å². The van der Waals surface area contributed by atoms with E-state index in [1.165, 1.54) is 5.39 Å². The van der Waals surface area contributed by atoms with Crippen molar-refractivity contribution in [1.82, 2.24) is 4.98 Å². The first kappa shape index (κ1) is 9.66. The van der Waals surface area contributed by atoms with E-state index in [4.69, 9.17) is 4.74 Å². The van der Waals surface area contributed by atoms with Crippen LogP contribution in [0.3, 0.4) is 0 Å². The lowest BCUT2D eigenvalue weighted by molar-refractivity contribution is 0.363. The monoisotopic (exact) mass is 233 g/mol. The highest BCUT2D eigenvalue weighted by atomic mass is 16.5. The van der Waals surface area contributed by atoms with E-state index in [0.717, 1.165) is 27.6 Å². The van der Waals surface area contributed by atoms with E-state index in [1.54, 1.807) is 0 Å². The summed E-state index contributed by atoms with van der Waals surface area (Å²) in [5, 5.41) is 3.47. The summed E-state index contributed by atoms with van der Waals surface area (Å²) >= 11 is 0. The van der Waals surface area contributed by atoms with Gasteiger partial charge in [0, 0.05) is 17.1 Å². The van der Waals surface area contributed by atoms with Crippen LogP contribution in [0.2, 0.25) is 0 Å². The zero-order valence-electron chi connectivity index (χ0n) is 9.76. The first-order chi connectivity index (χ1) is 8.93. The Morgan fingerprint density at radius 2 is 2.00 bits per heavy atom. The highest BCUT2D eigenvalue weighted by Crippen LogP contribution is 2.36. The number of hydrogen-bond acceptors (Lipinski definition) is 2. The van der Waals surface area contributed by atoms with Gasteiger partial charge < -0.3 is 4.74 Å². The topological polar surface area (TPSA) is 22.1 Å². The van der Waals surface area contributed by atoms with Crippen LogP contribution in [-0.4, -0.2) is 11.6 Å². The van der Waals surface area contributed by atoms with Crippen LogP contribution in [-0.2, 0) is 0 Å². The van der Waals surface area contributed by atoms with Gasteiger partial charge in [0.25, 0.3) is 0 Å². The molecule has 1 aromatic heterocycles. The third-order valence-corrected chi connectivity index (χ3v) is 3.36. The van der Waals surface area contributed by atoms with Crippen molar-refractivity contribution in [2.24, 2.45) is 0 Å². The van der Waals surface area contributed by atoms with Crippen LogP contribution in [0.25, 0.3) is 27.8 Å². The number of fused-ring (bicyclic) bond motifs is 5. The minimum Gasteiger partial charge on any atom is -0.488 e. The average molecular weight is 233 g/mol. The third-order valence-electron chi connectivity index (χ3n) is 3.36. The number of ether oxygens (including phenoxy) is 1. The fraction of sp³-hybridized carbons (Fsp3) is 0.0625. The molecule has 0 radical (unpaired) electrons. The maximum atomic E-state index is 5.82. The summed E-state index contributed by atoms with van der Waals surface area (Å²) < 4.78 is 5.82. The second kappa shape index (κ2) is 3.57. The predicted octanol–water partition coefficient (Wildman–Crippen LogP) is 3.79. The molecule has 1 aliphatic heterocycles. The number of nitrogens with zero attached hydrogens (tertiary/aromatic N) is 1. The Labute approximate surface area is 105 Å². The predicted molar refractivity (Wildman–Crippen MR) is 73.8 cm³/mol. The van der Waals surface area contributed by atoms with E-state index in [-0.39, 0.29) is 0 Å². The lowest BCUT2D eigenvalue weighted by Crippen LogP contribution is -2.01. The summed E-state index contributed by atoms with van der Waals surface area (Å²) in [6, 6.07) is 12.4. The summed E-state index contributed by atoms with van der Waals surface area (Å²) in [7, 11) is 0. The highest BCUT2D eigenvalue weighted by molar-refractivity contribution is 6.09. The molecular weight excluding hydrogens is 222 g/mol. The summed E-state index contributed by atoms with van der Waals surface area (Å²) in [4.78, 5) is 4.51. The van der Waals surface area contributed by atoms with E-state index in [9.17, 15) is 0 Å². The molecule has 2 heteroatoms. The Morgan fingerprint density at radius 1 is 1.06 bits per heavy atom. The van der Waals surface area contributed by atoms with Gasteiger partial charge in [0.05, 0.1) is 10.9 Å². The van der Waals surface area contributed by atoms with Crippen LogP contribution in [0.1, 0.15) is 5.56 Å². The van der Waals surface area contributed by atoms with Gasteiger partial charge in [0.1, 0.15) is 12.4 Å². The fourth-order valence-electron chi connectivity index (χ4n) is 2.53. The Morgan fingerprint density at radius 3 is 3.00 bits per heavy atom. The molecule has 4 rings (SSSR count). The molecule has 0 spiro atoms. The number of pyridine rings is 1. The van der Waals surface area contributed by atoms with Gasteiger partial charge in [-0.15, -0.1) is 0 Å². The van der Waals surface area contributed by atoms with Crippen LogP contribution >= 0.6 is 0 Å². The van der Waals surface area contributed by atoms with E-state index < -0.39 is 0 Å². The number of hydrogen-bond donors (Lipinski definition) is 0. The van der Waals surface area contributed by atoms with E-state index in [1.807, 2.05) is 18.3 Å². The summed E-state index contributed by atoms with van der Waals surface area (Å²) in [5.74, 6) is 0.958. The van der Waals surface area contributed by atoms with Gasteiger partial charge in [-0.25, -0.2) is 0 Å². The molecule has 86 valence electrons. The van der Waals surface area contributed by atoms with Gasteiger partial charge in [0.15, 0.2) is 0 Å². The van der Waals surface area contributed by atoms with Gasteiger partial charge in [-0.05, 0) is 23.6 Å². The average Bonchev–Trinajstić information content (AvgIpc) is 2.46. The lowest BCUT2D eigenvalue weighted by atomic mass is 10.0. The Balaban J connectivity index is 2.25. The molecule has 2 heterocycles. The van der Waals surface area contributed by atoms with Crippen molar-refractivity contribution in [3.63, 3.8) is 0 Å². The van der Waals surface area contributed by atoms with Crippen LogP contribution in [0.15, 0.2) is 48.7 Å². The van der Waals surface area contributed by atoms with Crippen molar-refractivity contribution in [3.8, 4) is 5.75 Å². The number of aromatic nitrogens is 1. The molecule has 0 N–H and O–H groups in total. The SMILES string of the molecule is C1=Cc2ccc3ncc4ccccc4c3c2OC1. The maximum absolute atomic E-state index is 5.82. The number of benzene rings is 2. The zero-order chi connectivity index (χ0) is 11.9. The zero-order valence-corrected chi connectivity index (χ0v) is 9.76. The largest absolute Gasteiger partial charge is 0.488 e. The van der Waals surface area contributed by atoms with Crippen molar-refractivity contribution in [1.29, 1.82) is 0 Å². The molecule has 0 atom stereocenters. The fourth-order valence-corrected chi connectivity index (χ4v) is 2.53. The van der Waals surface area contributed by atoms with Gasteiger partial charge in [-0.3, -0.25) is 4.98 Å². The third kappa shape index (κ3) is 1.26. The standard InChI is InChI=1S/C16H11NO/c1-2-6-13-12(4-1)10-17-14-8-7-11-5-3-9-18-16(11)15(13)14/h1-8,10H,9H2. The first-order valence-corrected chi connectivity index (χ1v) is 6.03. The molecule has 2 nitrogen and oxygen atoms in total. The Kier molecular flexibility index (Phi) is 1.92. The quantitative estimate of drug-likeness (QED) is 0.551. The molecule has 0 amide bonds. The van der Waals surface area contributed by atoms with E-state index in [0.29, 0.717) is 6.61 Å². The molecule has 0 saturated heterocycles. The normalized spacial score (nSPS) is 13.6. The van der Waals surface area contributed by atoms with Gasteiger partial charge in [-0.2, -0.15) is 0 Å². The maximum Gasteiger partial charge on any atom is 0.137 e. The Hall–Kier alpha value is -2.35. The number of rotatable bonds is 0. The highest BCUT2D eigenvalue weighted by Gasteiger charge is 2.13. The smallest absolute Gasteiger partial charge is 0.137 e.